The van der Waals surface area contributed by atoms with Crippen LogP contribution in [0.25, 0.3) is 21.6 Å². The van der Waals surface area contributed by atoms with Crippen LogP contribution in [0.4, 0.5) is 0 Å². The zero-order chi connectivity index (χ0) is 16.4. The van der Waals surface area contributed by atoms with Gasteiger partial charge in [-0.05, 0) is 34.7 Å². The fourth-order valence-corrected chi connectivity index (χ4v) is 2.84. The summed E-state index contributed by atoms with van der Waals surface area (Å²) in [5.41, 5.74) is 11.6. The van der Waals surface area contributed by atoms with Crippen LogP contribution in [0.2, 0.25) is 0 Å². The highest BCUT2D eigenvalue weighted by molar-refractivity contribution is 6.21. The van der Waals surface area contributed by atoms with E-state index in [-0.39, 0.29) is 18.7 Å². The first-order valence-corrected chi connectivity index (χ1v) is 7.28. The van der Waals surface area contributed by atoms with Crippen molar-refractivity contribution in [1.29, 1.82) is 0 Å². The molecular formula is C17H15N3O3. The van der Waals surface area contributed by atoms with E-state index in [1.807, 2.05) is 18.2 Å². The molecule has 2 aromatic carbocycles. The Morgan fingerprint density at radius 1 is 1.04 bits per heavy atom. The van der Waals surface area contributed by atoms with Gasteiger partial charge in [0, 0.05) is 22.6 Å². The van der Waals surface area contributed by atoms with Gasteiger partial charge in [0.2, 0.25) is 0 Å². The Kier molecular flexibility index (Phi) is 4.12. The highest BCUT2D eigenvalue weighted by Gasteiger charge is 2.28. The van der Waals surface area contributed by atoms with Crippen molar-refractivity contribution < 1.29 is 15.0 Å². The van der Waals surface area contributed by atoms with Gasteiger partial charge in [-0.25, -0.2) is 0 Å². The Labute approximate surface area is 132 Å². The van der Waals surface area contributed by atoms with Crippen LogP contribution in [-0.4, -0.2) is 28.6 Å². The Bertz CT molecular complexity index is 812. The van der Waals surface area contributed by atoms with Gasteiger partial charge in [-0.3, -0.25) is 4.79 Å². The summed E-state index contributed by atoms with van der Waals surface area (Å²) in [4.78, 5) is 15.1. The molecule has 3 rings (SSSR count). The molecule has 0 aliphatic heterocycles. The number of azide groups is 1. The summed E-state index contributed by atoms with van der Waals surface area (Å²) in [6.07, 6.45) is -2.04. The van der Waals surface area contributed by atoms with Gasteiger partial charge < -0.3 is 10.2 Å². The number of carbonyl (C=O) groups excluding carboxylic acids is 1. The van der Waals surface area contributed by atoms with Gasteiger partial charge in [0.1, 0.15) is 6.10 Å². The van der Waals surface area contributed by atoms with Crippen molar-refractivity contribution >= 4 is 5.78 Å². The molecule has 1 aliphatic rings. The molecule has 0 radical (unpaired) electrons. The minimum absolute atomic E-state index is 0.0757. The number of hydrogen-bond acceptors (Lipinski definition) is 4. The Hall–Kier alpha value is -2.66. The van der Waals surface area contributed by atoms with Crippen LogP contribution in [0.15, 0.2) is 47.6 Å². The van der Waals surface area contributed by atoms with Crippen molar-refractivity contribution in [3.63, 3.8) is 0 Å². The van der Waals surface area contributed by atoms with E-state index in [2.05, 4.69) is 10.0 Å². The first-order valence-electron chi connectivity index (χ1n) is 7.28. The molecule has 0 amide bonds. The van der Waals surface area contributed by atoms with Crippen LogP contribution in [0.3, 0.4) is 0 Å². The molecule has 6 nitrogen and oxygen atoms in total. The number of ketones is 1. The summed E-state index contributed by atoms with van der Waals surface area (Å²) in [5, 5.41) is 23.5. The first-order chi connectivity index (χ1) is 11.1. The molecule has 116 valence electrons. The maximum atomic E-state index is 12.4. The van der Waals surface area contributed by atoms with Crippen molar-refractivity contribution in [1.82, 2.24) is 0 Å². The van der Waals surface area contributed by atoms with Crippen LogP contribution in [0.1, 0.15) is 34.0 Å². The summed E-state index contributed by atoms with van der Waals surface area (Å²) in [6.45, 7) is 0.101. The predicted molar refractivity (Wildman–Crippen MR) is 84.9 cm³/mol. The molecule has 23 heavy (non-hydrogen) atoms. The smallest absolute Gasteiger partial charge is 0.194 e. The number of aliphatic hydroxyl groups excluding tert-OH is 2. The molecule has 2 atom stereocenters. The molecule has 0 bridgehead atoms. The highest BCUT2D eigenvalue weighted by atomic mass is 16.3. The lowest BCUT2D eigenvalue weighted by atomic mass is 9.97. The van der Waals surface area contributed by atoms with Crippen LogP contribution >= 0.6 is 0 Å². The van der Waals surface area contributed by atoms with Crippen LogP contribution < -0.4 is 0 Å². The van der Waals surface area contributed by atoms with Gasteiger partial charge in [-0.15, -0.1) is 0 Å². The molecule has 2 unspecified atom stereocenters. The van der Waals surface area contributed by atoms with Crippen LogP contribution in [-0.2, 0) is 0 Å². The summed E-state index contributed by atoms with van der Waals surface area (Å²) in [6, 6.07) is 12.5. The number of fused-ring (bicyclic) bond motifs is 3. The van der Waals surface area contributed by atoms with Gasteiger partial charge in [0.15, 0.2) is 5.78 Å². The zero-order valence-electron chi connectivity index (χ0n) is 12.3. The Morgan fingerprint density at radius 2 is 1.74 bits per heavy atom. The third-order valence-electron chi connectivity index (χ3n) is 4.04. The summed E-state index contributed by atoms with van der Waals surface area (Å²) in [5.74, 6) is -0.0757. The van der Waals surface area contributed by atoms with Gasteiger partial charge in [-0.1, -0.05) is 41.5 Å². The van der Waals surface area contributed by atoms with Crippen molar-refractivity contribution in [2.45, 2.75) is 18.6 Å². The molecule has 0 saturated heterocycles. The topological polar surface area (TPSA) is 106 Å². The van der Waals surface area contributed by atoms with Crippen molar-refractivity contribution in [2.75, 3.05) is 6.54 Å². The van der Waals surface area contributed by atoms with E-state index < -0.39 is 12.2 Å². The fourth-order valence-electron chi connectivity index (χ4n) is 2.84. The summed E-state index contributed by atoms with van der Waals surface area (Å²) < 4.78 is 0. The zero-order valence-corrected chi connectivity index (χ0v) is 12.3. The van der Waals surface area contributed by atoms with E-state index in [4.69, 9.17) is 5.53 Å². The maximum absolute atomic E-state index is 12.4. The van der Waals surface area contributed by atoms with Gasteiger partial charge in [-0.2, -0.15) is 0 Å². The average Bonchev–Trinajstić information content (AvgIpc) is 2.87. The molecule has 2 N–H and O–H groups in total. The molecule has 0 aromatic heterocycles. The highest BCUT2D eigenvalue weighted by Crippen LogP contribution is 2.37. The molecule has 0 fully saturated rings. The van der Waals surface area contributed by atoms with Crippen molar-refractivity contribution in [3.05, 3.63) is 69.6 Å². The standard InChI is InChI=1S/C17H15N3O3/c18-20-19-8-7-15(21)16(22)10-5-6-12-11-3-1-2-4-13(11)17(23)14(12)9-10/h1-6,9,15-16,21-22H,7-8H2. The molecule has 2 aromatic rings. The average molecular weight is 309 g/mol. The lowest BCUT2D eigenvalue weighted by Crippen LogP contribution is -2.19. The normalized spacial score (nSPS) is 14.6. The number of benzene rings is 2. The number of hydrogen-bond donors (Lipinski definition) is 2. The molecule has 0 heterocycles. The van der Waals surface area contributed by atoms with Crippen LogP contribution in [0.5, 0.6) is 0 Å². The lowest BCUT2D eigenvalue weighted by Gasteiger charge is -2.18. The van der Waals surface area contributed by atoms with E-state index in [9.17, 15) is 15.0 Å². The molecular weight excluding hydrogens is 294 g/mol. The van der Waals surface area contributed by atoms with Gasteiger partial charge >= 0.3 is 0 Å². The van der Waals surface area contributed by atoms with Crippen LogP contribution in [0, 0.1) is 0 Å². The quantitative estimate of drug-likeness (QED) is 0.430. The second-order valence-corrected chi connectivity index (χ2v) is 5.44. The summed E-state index contributed by atoms with van der Waals surface area (Å²) >= 11 is 0. The third-order valence-corrected chi connectivity index (χ3v) is 4.04. The lowest BCUT2D eigenvalue weighted by molar-refractivity contribution is 0.0150. The monoisotopic (exact) mass is 309 g/mol. The molecule has 0 spiro atoms. The second kappa shape index (κ2) is 6.22. The minimum Gasteiger partial charge on any atom is -0.390 e. The molecule has 1 aliphatic carbocycles. The second-order valence-electron chi connectivity index (χ2n) is 5.44. The van der Waals surface area contributed by atoms with E-state index in [1.165, 1.54) is 0 Å². The third kappa shape index (κ3) is 2.71. The number of aliphatic hydroxyl groups is 2. The molecule has 0 saturated carbocycles. The Balaban J connectivity index is 1.88. The number of rotatable bonds is 5. The Morgan fingerprint density at radius 3 is 2.48 bits per heavy atom. The van der Waals surface area contributed by atoms with Gasteiger partial charge in [0.25, 0.3) is 0 Å². The maximum Gasteiger partial charge on any atom is 0.194 e. The molecule has 6 heteroatoms. The largest absolute Gasteiger partial charge is 0.390 e. The fraction of sp³-hybridized carbons (Fsp3) is 0.235. The SMILES string of the molecule is [N-]=[N+]=NCCC(O)C(O)c1ccc2c(c1)C(=O)c1ccccc1-2. The summed E-state index contributed by atoms with van der Waals surface area (Å²) in [7, 11) is 0. The van der Waals surface area contributed by atoms with Crippen molar-refractivity contribution in [3.8, 4) is 11.1 Å². The predicted octanol–water partition coefficient (Wildman–Crippen LogP) is 2.99. The van der Waals surface area contributed by atoms with E-state index in [0.29, 0.717) is 16.7 Å². The van der Waals surface area contributed by atoms with E-state index in [0.717, 1.165) is 11.1 Å². The van der Waals surface area contributed by atoms with Gasteiger partial charge in [0.05, 0.1) is 6.10 Å². The number of carbonyl (C=O) groups is 1. The minimum atomic E-state index is -1.13. The van der Waals surface area contributed by atoms with E-state index in [1.54, 1.807) is 24.3 Å². The van der Waals surface area contributed by atoms with Crippen molar-refractivity contribution in [2.24, 2.45) is 5.11 Å². The van der Waals surface area contributed by atoms with E-state index >= 15 is 0 Å². The first kappa shape index (κ1) is 15.2. The number of nitrogens with zero attached hydrogens (tertiary/aromatic N) is 3.